The SMILES string of the molecule is C[C@@H](OC(=O)c1ccccc1)c1cc2cnc([S+](C)[O-])nc2c(C2CC2)n1. The molecule has 1 aromatic carbocycles. The van der Waals surface area contributed by atoms with Crippen LogP contribution in [0.5, 0.6) is 0 Å². The number of rotatable bonds is 5. The fourth-order valence-electron chi connectivity index (χ4n) is 2.92. The molecule has 2 heterocycles. The van der Waals surface area contributed by atoms with Crippen LogP contribution in [0.25, 0.3) is 10.9 Å². The Morgan fingerprint density at radius 3 is 2.67 bits per heavy atom. The lowest BCUT2D eigenvalue weighted by molar-refractivity contribution is 0.0329. The minimum Gasteiger partial charge on any atom is -0.609 e. The fourth-order valence-corrected chi connectivity index (χ4v) is 3.34. The van der Waals surface area contributed by atoms with E-state index in [-0.39, 0.29) is 5.97 Å². The second kappa shape index (κ2) is 7.25. The molecule has 0 saturated heterocycles. The molecule has 1 saturated carbocycles. The molecule has 3 aromatic rings. The first-order valence-corrected chi connectivity index (χ1v) is 10.4. The van der Waals surface area contributed by atoms with Crippen LogP contribution in [-0.4, -0.2) is 31.7 Å². The number of nitrogens with zero attached hydrogens (tertiary/aromatic N) is 3. The maximum atomic E-state index is 12.3. The number of pyridine rings is 1. The summed E-state index contributed by atoms with van der Waals surface area (Å²) in [4.78, 5) is 25.7. The molecule has 0 radical (unpaired) electrons. The van der Waals surface area contributed by atoms with Crippen molar-refractivity contribution < 1.29 is 14.1 Å². The number of benzene rings is 1. The standard InChI is InChI=1S/C20H19N3O3S/c1-12(26-19(24)14-6-4-3-5-7-14)16-10-15-11-21-20(27(2)25)23-18(15)17(22-16)13-8-9-13/h3-7,10-13H,8-9H2,1-2H3/t12-,27?/m1/s1. The van der Waals surface area contributed by atoms with E-state index in [0.29, 0.717) is 22.3 Å². The van der Waals surface area contributed by atoms with Gasteiger partial charge in [0.25, 0.3) is 0 Å². The van der Waals surface area contributed by atoms with Gasteiger partial charge in [-0.1, -0.05) is 18.2 Å². The summed E-state index contributed by atoms with van der Waals surface area (Å²) in [5.41, 5.74) is 2.79. The molecule has 0 aliphatic heterocycles. The van der Waals surface area contributed by atoms with Crippen molar-refractivity contribution >= 4 is 28.0 Å². The highest BCUT2D eigenvalue weighted by Gasteiger charge is 2.30. The molecule has 0 amide bonds. The van der Waals surface area contributed by atoms with Gasteiger partial charge < -0.3 is 9.29 Å². The molecule has 0 N–H and O–H groups in total. The van der Waals surface area contributed by atoms with Gasteiger partial charge in [0.1, 0.15) is 17.9 Å². The van der Waals surface area contributed by atoms with Crippen LogP contribution >= 0.6 is 0 Å². The Kier molecular flexibility index (Phi) is 4.80. The Morgan fingerprint density at radius 2 is 2.00 bits per heavy atom. The third-order valence-electron chi connectivity index (χ3n) is 4.52. The van der Waals surface area contributed by atoms with E-state index in [9.17, 15) is 9.35 Å². The quantitative estimate of drug-likeness (QED) is 0.381. The molecule has 2 atom stereocenters. The van der Waals surface area contributed by atoms with Crippen molar-refractivity contribution in [2.75, 3.05) is 6.26 Å². The van der Waals surface area contributed by atoms with Gasteiger partial charge in [0.2, 0.25) is 0 Å². The lowest BCUT2D eigenvalue weighted by Gasteiger charge is -2.15. The molecule has 0 bridgehead atoms. The molecule has 6 nitrogen and oxygen atoms in total. The Balaban J connectivity index is 1.67. The highest BCUT2D eigenvalue weighted by molar-refractivity contribution is 7.90. The first kappa shape index (κ1) is 17.9. The number of aromatic nitrogens is 3. The van der Waals surface area contributed by atoms with E-state index in [1.807, 2.05) is 19.1 Å². The van der Waals surface area contributed by atoms with E-state index in [1.54, 1.807) is 36.7 Å². The summed E-state index contributed by atoms with van der Waals surface area (Å²) in [5, 5.41) is 1.13. The van der Waals surface area contributed by atoms with Crippen LogP contribution in [-0.2, 0) is 15.9 Å². The predicted molar refractivity (Wildman–Crippen MR) is 102 cm³/mol. The number of hydrogen-bond acceptors (Lipinski definition) is 6. The third kappa shape index (κ3) is 3.79. The molecule has 1 unspecified atom stereocenters. The monoisotopic (exact) mass is 381 g/mol. The van der Waals surface area contributed by atoms with Crippen molar-refractivity contribution in [1.82, 2.24) is 15.0 Å². The third-order valence-corrected chi connectivity index (χ3v) is 5.23. The van der Waals surface area contributed by atoms with Gasteiger partial charge in [-0.2, -0.15) is 9.97 Å². The van der Waals surface area contributed by atoms with Gasteiger partial charge in [0.15, 0.2) is 0 Å². The highest BCUT2D eigenvalue weighted by atomic mass is 32.2. The first-order chi connectivity index (χ1) is 13.0. The average molecular weight is 381 g/mol. The number of hydrogen-bond donors (Lipinski definition) is 0. The molecule has 7 heteroatoms. The average Bonchev–Trinajstić information content (AvgIpc) is 3.52. The Morgan fingerprint density at radius 1 is 1.26 bits per heavy atom. The van der Waals surface area contributed by atoms with Gasteiger partial charge in [0, 0.05) is 28.7 Å². The topological polar surface area (TPSA) is 88.0 Å². The maximum Gasteiger partial charge on any atom is 0.343 e. The molecule has 138 valence electrons. The van der Waals surface area contributed by atoms with Crippen LogP contribution in [0.3, 0.4) is 0 Å². The van der Waals surface area contributed by atoms with Crippen LogP contribution in [0, 0.1) is 0 Å². The largest absolute Gasteiger partial charge is 0.609 e. The normalized spacial score (nSPS) is 16.1. The highest BCUT2D eigenvalue weighted by Crippen LogP contribution is 2.42. The van der Waals surface area contributed by atoms with Crippen molar-refractivity contribution in [3.63, 3.8) is 0 Å². The Bertz CT molecular complexity index is 990. The Labute approximate surface area is 160 Å². The minimum absolute atomic E-state index is 0.308. The van der Waals surface area contributed by atoms with E-state index < -0.39 is 17.3 Å². The lowest BCUT2D eigenvalue weighted by atomic mass is 10.1. The van der Waals surface area contributed by atoms with E-state index in [2.05, 4.69) is 9.97 Å². The van der Waals surface area contributed by atoms with Crippen molar-refractivity contribution in [3.8, 4) is 0 Å². The molecular weight excluding hydrogens is 362 g/mol. The minimum atomic E-state index is -1.25. The van der Waals surface area contributed by atoms with Gasteiger partial charge in [-0.15, -0.1) is 0 Å². The summed E-state index contributed by atoms with van der Waals surface area (Å²) in [7, 11) is 0. The first-order valence-electron chi connectivity index (χ1n) is 8.80. The number of fused-ring (bicyclic) bond motifs is 1. The summed E-state index contributed by atoms with van der Waals surface area (Å²) < 4.78 is 17.3. The van der Waals surface area contributed by atoms with Crippen molar-refractivity contribution in [1.29, 1.82) is 0 Å². The predicted octanol–water partition coefficient (Wildman–Crippen LogP) is 3.56. The number of carbonyl (C=O) groups is 1. The van der Waals surface area contributed by atoms with Gasteiger partial charge in [0.05, 0.1) is 17.0 Å². The van der Waals surface area contributed by atoms with Crippen LogP contribution < -0.4 is 0 Å². The van der Waals surface area contributed by atoms with E-state index >= 15 is 0 Å². The van der Waals surface area contributed by atoms with Crippen LogP contribution in [0.4, 0.5) is 0 Å². The molecule has 1 aliphatic carbocycles. The van der Waals surface area contributed by atoms with Crippen LogP contribution in [0.1, 0.15) is 53.5 Å². The molecule has 27 heavy (non-hydrogen) atoms. The van der Waals surface area contributed by atoms with Crippen LogP contribution in [0.15, 0.2) is 47.8 Å². The van der Waals surface area contributed by atoms with Crippen molar-refractivity contribution in [2.24, 2.45) is 0 Å². The second-order valence-electron chi connectivity index (χ2n) is 6.66. The van der Waals surface area contributed by atoms with E-state index in [4.69, 9.17) is 9.72 Å². The molecule has 0 spiro atoms. The smallest absolute Gasteiger partial charge is 0.343 e. The Hall–Kier alpha value is -2.51. The van der Waals surface area contributed by atoms with E-state index in [0.717, 1.165) is 29.4 Å². The van der Waals surface area contributed by atoms with Gasteiger partial charge in [-0.25, -0.2) is 4.79 Å². The summed E-state index contributed by atoms with van der Waals surface area (Å²) >= 11 is -1.25. The summed E-state index contributed by atoms with van der Waals surface area (Å²) in [6.07, 6.45) is 4.84. The number of esters is 1. The molecule has 1 fully saturated rings. The zero-order valence-electron chi connectivity index (χ0n) is 15.1. The van der Waals surface area contributed by atoms with Crippen molar-refractivity contribution in [2.45, 2.75) is 36.9 Å². The van der Waals surface area contributed by atoms with Gasteiger partial charge >= 0.3 is 11.1 Å². The molecule has 2 aromatic heterocycles. The fraction of sp³-hybridized carbons (Fsp3) is 0.300. The second-order valence-corrected chi connectivity index (χ2v) is 7.94. The number of ether oxygens (including phenoxy) is 1. The number of carbonyl (C=O) groups excluding carboxylic acids is 1. The maximum absolute atomic E-state index is 12.3. The van der Waals surface area contributed by atoms with Gasteiger partial charge in [-0.05, 0) is 38.0 Å². The van der Waals surface area contributed by atoms with Gasteiger partial charge in [-0.3, -0.25) is 4.98 Å². The molecule has 1 aliphatic rings. The van der Waals surface area contributed by atoms with E-state index in [1.165, 1.54) is 0 Å². The summed E-state index contributed by atoms with van der Waals surface area (Å²) in [6.45, 7) is 1.81. The van der Waals surface area contributed by atoms with Crippen molar-refractivity contribution in [3.05, 3.63) is 59.5 Å². The molecular formula is C20H19N3O3S. The summed E-state index contributed by atoms with van der Waals surface area (Å²) in [6, 6.07) is 10.7. The van der Waals surface area contributed by atoms with Crippen LogP contribution in [0.2, 0.25) is 0 Å². The zero-order valence-corrected chi connectivity index (χ0v) is 15.9. The molecule has 4 rings (SSSR count). The lowest BCUT2D eigenvalue weighted by Crippen LogP contribution is -2.12. The zero-order chi connectivity index (χ0) is 19.0. The summed E-state index contributed by atoms with van der Waals surface area (Å²) in [5.74, 6) is -0.0385.